The molecule has 0 spiro atoms. The molecular formula is C16H25N3O2. The highest BCUT2D eigenvalue weighted by Crippen LogP contribution is 2.26. The third-order valence-corrected chi connectivity index (χ3v) is 4.05. The number of β-amino-alcohol motifs (C(OH)–C–C–N with tert-alkyl or cyclic N) is 1. The molecule has 1 aromatic carbocycles. The molecule has 0 aliphatic carbocycles. The van der Waals surface area contributed by atoms with E-state index in [9.17, 15) is 9.90 Å². The van der Waals surface area contributed by atoms with Crippen molar-refractivity contribution in [1.29, 1.82) is 0 Å². The van der Waals surface area contributed by atoms with Gasteiger partial charge in [-0.25, -0.2) is 0 Å². The molecule has 3 atom stereocenters. The zero-order valence-corrected chi connectivity index (χ0v) is 13.0. The van der Waals surface area contributed by atoms with Crippen LogP contribution in [0.25, 0.3) is 0 Å². The largest absolute Gasteiger partial charge is 0.391 e. The molecule has 0 bridgehead atoms. The Hall–Kier alpha value is -1.43. The Morgan fingerprint density at radius 3 is 2.62 bits per heavy atom. The van der Waals surface area contributed by atoms with E-state index in [1.54, 1.807) is 11.8 Å². The Balaban J connectivity index is 2.21. The number of carbonyl (C=O) groups is 1. The van der Waals surface area contributed by atoms with E-state index in [1.807, 2.05) is 49.3 Å². The molecule has 2 rings (SSSR count). The van der Waals surface area contributed by atoms with Gasteiger partial charge in [0.25, 0.3) is 0 Å². The molecule has 1 fully saturated rings. The first-order valence-corrected chi connectivity index (χ1v) is 7.30. The maximum absolute atomic E-state index is 12.9. The fraction of sp³-hybridized carbons (Fsp3) is 0.562. The van der Waals surface area contributed by atoms with Crippen molar-refractivity contribution >= 4 is 5.91 Å². The molecule has 116 valence electrons. The van der Waals surface area contributed by atoms with E-state index in [0.717, 1.165) is 12.1 Å². The smallest absolute Gasteiger partial charge is 0.247 e. The lowest BCUT2D eigenvalue weighted by atomic mass is 9.91. The van der Waals surface area contributed by atoms with Gasteiger partial charge in [-0.05, 0) is 33.0 Å². The number of benzene rings is 1. The van der Waals surface area contributed by atoms with Crippen LogP contribution in [-0.4, -0.2) is 60.1 Å². The van der Waals surface area contributed by atoms with Crippen molar-refractivity contribution in [2.75, 3.05) is 27.2 Å². The fourth-order valence-electron chi connectivity index (χ4n) is 2.94. The summed E-state index contributed by atoms with van der Waals surface area (Å²) in [5.74, 6) is -0.128. The number of likely N-dealkylation sites (N-methyl/N-ethyl adjacent to an activating group) is 1. The van der Waals surface area contributed by atoms with E-state index in [0.29, 0.717) is 13.0 Å². The molecule has 1 aliphatic rings. The lowest BCUT2D eigenvalue weighted by Gasteiger charge is -2.34. The summed E-state index contributed by atoms with van der Waals surface area (Å²) in [4.78, 5) is 16.6. The standard InChI is InChI=1S/C16H25N3O2/c1-16(17,12-7-5-4-6-8-12)15(21)19-11-14(20)9-13(19)10-18(2)3/h4-8,13-14,20H,9-11,17H2,1-3H3. The summed E-state index contributed by atoms with van der Waals surface area (Å²) in [6.07, 6.45) is 0.139. The number of hydrogen-bond acceptors (Lipinski definition) is 4. The van der Waals surface area contributed by atoms with Crippen molar-refractivity contribution < 1.29 is 9.90 Å². The van der Waals surface area contributed by atoms with Crippen LogP contribution in [0.3, 0.4) is 0 Å². The first-order chi connectivity index (χ1) is 9.82. The van der Waals surface area contributed by atoms with Gasteiger partial charge in [0.2, 0.25) is 5.91 Å². The zero-order valence-electron chi connectivity index (χ0n) is 13.0. The summed E-state index contributed by atoms with van der Waals surface area (Å²) in [5.41, 5.74) is 6.03. The second-order valence-electron chi connectivity index (χ2n) is 6.33. The van der Waals surface area contributed by atoms with Gasteiger partial charge in [-0.1, -0.05) is 30.3 Å². The quantitative estimate of drug-likeness (QED) is 0.841. The third kappa shape index (κ3) is 3.43. The van der Waals surface area contributed by atoms with E-state index in [4.69, 9.17) is 5.73 Å². The molecule has 5 nitrogen and oxygen atoms in total. The minimum absolute atomic E-state index is 0.00841. The molecule has 3 N–H and O–H groups in total. The number of nitrogens with zero attached hydrogens (tertiary/aromatic N) is 2. The van der Waals surface area contributed by atoms with Crippen LogP contribution in [-0.2, 0) is 10.3 Å². The lowest BCUT2D eigenvalue weighted by Crippen LogP contribution is -2.54. The summed E-state index contributed by atoms with van der Waals surface area (Å²) in [7, 11) is 3.93. The van der Waals surface area contributed by atoms with Crippen LogP contribution in [0.15, 0.2) is 30.3 Å². The predicted molar refractivity (Wildman–Crippen MR) is 82.7 cm³/mol. The molecule has 1 saturated heterocycles. The van der Waals surface area contributed by atoms with Gasteiger partial charge in [0, 0.05) is 19.1 Å². The number of amides is 1. The SMILES string of the molecule is CN(C)CC1CC(O)CN1C(=O)C(C)(N)c1ccccc1. The van der Waals surface area contributed by atoms with Gasteiger partial charge in [0.15, 0.2) is 0 Å². The first kappa shape index (κ1) is 15.9. The van der Waals surface area contributed by atoms with Crippen molar-refractivity contribution in [3.8, 4) is 0 Å². The van der Waals surface area contributed by atoms with Gasteiger partial charge in [-0.3, -0.25) is 4.79 Å². The number of carbonyl (C=O) groups excluding carboxylic acids is 1. The van der Waals surface area contributed by atoms with Crippen molar-refractivity contribution in [3.05, 3.63) is 35.9 Å². The van der Waals surface area contributed by atoms with Gasteiger partial charge in [-0.15, -0.1) is 0 Å². The van der Waals surface area contributed by atoms with Crippen LogP contribution in [0, 0.1) is 0 Å². The van der Waals surface area contributed by atoms with Crippen molar-refractivity contribution in [3.63, 3.8) is 0 Å². The monoisotopic (exact) mass is 291 g/mol. The van der Waals surface area contributed by atoms with Crippen LogP contribution in [0.4, 0.5) is 0 Å². The predicted octanol–water partition coefficient (Wildman–Crippen LogP) is 0.384. The average molecular weight is 291 g/mol. The number of aliphatic hydroxyl groups is 1. The van der Waals surface area contributed by atoms with Crippen LogP contribution in [0.5, 0.6) is 0 Å². The Kier molecular flexibility index (Phi) is 4.66. The maximum Gasteiger partial charge on any atom is 0.247 e. The summed E-state index contributed by atoms with van der Waals surface area (Å²) in [5, 5.41) is 9.91. The van der Waals surface area contributed by atoms with E-state index in [-0.39, 0.29) is 11.9 Å². The van der Waals surface area contributed by atoms with E-state index >= 15 is 0 Å². The minimum Gasteiger partial charge on any atom is -0.391 e. The van der Waals surface area contributed by atoms with Crippen LogP contribution in [0.1, 0.15) is 18.9 Å². The summed E-state index contributed by atoms with van der Waals surface area (Å²) in [6.45, 7) is 2.83. The highest BCUT2D eigenvalue weighted by atomic mass is 16.3. The van der Waals surface area contributed by atoms with E-state index in [2.05, 4.69) is 0 Å². The molecule has 5 heteroatoms. The molecule has 21 heavy (non-hydrogen) atoms. The van der Waals surface area contributed by atoms with Crippen LogP contribution < -0.4 is 5.73 Å². The van der Waals surface area contributed by atoms with Crippen molar-refractivity contribution in [1.82, 2.24) is 9.80 Å². The Labute approximate surface area is 126 Å². The van der Waals surface area contributed by atoms with E-state index < -0.39 is 11.6 Å². The topological polar surface area (TPSA) is 69.8 Å². The molecule has 1 amide bonds. The third-order valence-electron chi connectivity index (χ3n) is 4.05. The molecule has 0 aromatic heterocycles. The van der Waals surface area contributed by atoms with Crippen molar-refractivity contribution in [2.24, 2.45) is 5.73 Å². The second kappa shape index (κ2) is 6.13. The second-order valence-corrected chi connectivity index (χ2v) is 6.33. The molecule has 1 heterocycles. The molecule has 3 unspecified atom stereocenters. The normalized spacial score (nSPS) is 25.1. The summed E-state index contributed by atoms with van der Waals surface area (Å²) >= 11 is 0. The van der Waals surface area contributed by atoms with Gasteiger partial charge >= 0.3 is 0 Å². The summed E-state index contributed by atoms with van der Waals surface area (Å²) in [6, 6.07) is 9.40. The molecular weight excluding hydrogens is 266 g/mol. The molecule has 0 saturated carbocycles. The number of rotatable bonds is 4. The first-order valence-electron chi connectivity index (χ1n) is 7.30. The molecule has 0 radical (unpaired) electrons. The number of aliphatic hydroxyl groups excluding tert-OH is 1. The Morgan fingerprint density at radius 1 is 1.43 bits per heavy atom. The Morgan fingerprint density at radius 2 is 2.05 bits per heavy atom. The Bertz CT molecular complexity index is 488. The van der Waals surface area contributed by atoms with Gasteiger partial charge in [-0.2, -0.15) is 0 Å². The van der Waals surface area contributed by atoms with Gasteiger partial charge in [0.1, 0.15) is 5.54 Å². The van der Waals surface area contributed by atoms with Crippen LogP contribution in [0.2, 0.25) is 0 Å². The molecule has 1 aliphatic heterocycles. The summed E-state index contributed by atoms with van der Waals surface area (Å²) < 4.78 is 0. The number of nitrogens with two attached hydrogens (primary N) is 1. The van der Waals surface area contributed by atoms with Gasteiger partial charge in [0.05, 0.1) is 6.10 Å². The van der Waals surface area contributed by atoms with Gasteiger partial charge < -0.3 is 20.6 Å². The zero-order chi connectivity index (χ0) is 15.6. The number of hydrogen-bond donors (Lipinski definition) is 2. The highest BCUT2D eigenvalue weighted by Gasteiger charge is 2.42. The fourth-order valence-corrected chi connectivity index (χ4v) is 2.94. The average Bonchev–Trinajstić information content (AvgIpc) is 2.78. The van der Waals surface area contributed by atoms with Crippen LogP contribution >= 0.6 is 0 Å². The highest BCUT2D eigenvalue weighted by molar-refractivity contribution is 5.87. The maximum atomic E-state index is 12.9. The minimum atomic E-state index is -1.07. The lowest BCUT2D eigenvalue weighted by molar-refractivity contribution is -0.138. The molecule has 1 aromatic rings. The van der Waals surface area contributed by atoms with Crippen molar-refractivity contribution in [2.45, 2.75) is 31.0 Å². The number of likely N-dealkylation sites (tertiary alicyclic amines) is 1. The van der Waals surface area contributed by atoms with E-state index in [1.165, 1.54) is 0 Å².